The molecular weight excluding hydrogens is 444 g/mol. The number of hydrogen-bond acceptors (Lipinski definition) is 4. The molecule has 1 aliphatic heterocycles. The summed E-state index contributed by atoms with van der Waals surface area (Å²) in [5, 5.41) is 12.6. The fourth-order valence-electron chi connectivity index (χ4n) is 6.39. The van der Waals surface area contributed by atoms with E-state index in [0.717, 1.165) is 24.0 Å². The number of benzene rings is 2. The molecule has 2 N–H and O–H groups in total. The molecule has 2 aliphatic carbocycles. The highest BCUT2D eigenvalue weighted by Gasteiger charge is 2.57. The van der Waals surface area contributed by atoms with Crippen LogP contribution in [0.5, 0.6) is 0 Å². The molecule has 0 aromatic heterocycles. The van der Waals surface area contributed by atoms with Gasteiger partial charge in [-0.1, -0.05) is 61.9 Å². The summed E-state index contributed by atoms with van der Waals surface area (Å²) in [6.07, 6.45) is 2.72. The maximum absolute atomic E-state index is 13.3. The van der Waals surface area contributed by atoms with Gasteiger partial charge in [-0.15, -0.1) is 0 Å². The van der Waals surface area contributed by atoms with Crippen molar-refractivity contribution < 1.29 is 24.2 Å². The number of nitrogens with one attached hydrogen (secondary N) is 1. The summed E-state index contributed by atoms with van der Waals surface area (Å²) in [4.78, 5) is 39.6. The van der Waals surface area contributed by atoms with Crippen LogP contribution < -0.4 is 5.32 Å². The van der Waals surface area contributed by atoms with Crippen molar-refractivity contribution in [1.82, 2.24) is 10.2 Å². The number of hydrogen-bond donors (Lipinski definition) is 2. The molecule has 1 saturated carbocycles. The number of carboxylic acid groups (broad SMARTS) is 1. The number of alkyl carbamates (subject to hydrolysis) is 1. The molecule has 2 fully saturated rings. The fourth-order valence-corrected chi connectivity index (χ4v) is 6.39. The number of ether oxygens (including phenoxy) is 1. The first-order chi connectivity index (χ1) is 17.0. The highest BCUT2D eigenvalue weighted by molar-refractivity contribution is 5.84. The molecule has 3 atom stereocenters. The van der Waals surface area contributed by atoms with Gasteiger partial charge in [0.1, 0.15) is 6.61 Å². The number of nitrogens with zero attached hydrogens (tertiary/aromatic N) is 1. The average molecular weight is 477 g/mol. The minimum atomic E-state index is -0.797. The molecule has 0 bridgehead atoms. The lowest BCUT2D eigenvalue weighted by molar-refractivity contribution is -0.150. The van der Waals surface area contributed by atoms with Gasteiger partial charge in [0, 0.05) is 25.0 Å². The van der Waals surface area contributed by atoms with E-state index in [0.29, 0.717) is 25.8 Å². The molecule has 3 aliphatic rings. The first kappa shape index (κ1) is 23.4. The van der Waals surface area contributed by atoms with Gasteiger partial charge >= 0.3 is 12.1 Å². The Morgan fingerprint density at radius 2 is 1.74 bits per heavy atom. The van der Waals surface area contributed by atoms with E-state index in [1.165, 1.54) is 11.1 Å². The second kappa shape index (κ2) is 9.36. The summed E-state index contributed by atoms with van der Waals surface area (Å²) in [6.45, 7) is 2.78. The normalized spacial score (nSPS) is 23.3. The summed E-state index contributed by atoms with van der Waals surface area (Å²) < 4.78 is 5.60. The zero-order chi connectivity index (χ0) is 24.6. The van der Waals surface area contributed by atoms with E-state index in [-0.39, 0.29) is 31.0 Å². The SMILES string of the molecule is CCC(CNC(=O)OCC1c2ccccc2-c2ccccc21)C(=O)N1CCC2(C(=O)O)CCCC12. The van der Waals surface area contributed by atoms with E-state index in [4.69, 9.17) is 4.74 Å². The number of carbonyl (C=O) groups is 3. The number of aliphatic carboxylic acids is 1. The molecule has 5 rings (SSSR count). The van der Waals surface area contributed by atoms with Crippen molar-refractivity contribution in [2.75, 3.05) is 19.7 Å². The molecule has 184 valence electrons. The topological polar surface area (TPSA) is 95.9 Å². The molecule has 0 radical (unpaired) electrons. The van der Waals surface area contributed by atoms with Crippen molar-refractivity contribution in [3.05, 3.63) is 59.7 Å². The first-order valence-corrected chi connectivity index (χ1v) is 12.6. The summed E-state index contributed by atoms with van der Waals surface area (Å²) in [6, 6.07) is 16.1. The second-order valence-corrected chi connectivity index (χ2v) is 9.96. The Kier molecular flexibility index (Phi) is 6.26. The lowest BCUT2D eigenvalue weighted by Gasteiger charge is -2.31. The minimum absolute atomic E-state index is 0.0205. The predicted octanol–water partition coefficient (Wildman–Crippen LogP) is 4.41. The largest absolute Gasteiger partial charge is 0.481 e. The van der Waals surface area contributed by atoms with E-state index in [9.17, 15) is 19.5 Å². The van der Waals surface area contributed by atoms with Crippen LogP contribution >= 0.6 is 0 Å². The van der Waals surface area contributed by atoms with Crippen LogP contribution in [-0.2, 0) is 14.3 Å². The van der Waals surface area contributed by atoms with Crippen LogP contribution in [0.4, 0.5) is 4.79 Å². The molecule has 2 amide bonds. The first-order valence-electron chi connectivity index (χ1n) is 12.6. The molecule has 7 heteroatoms. The highest BCUT2D eigenvalue weighted by Crippen LogP contribution is 2.49. The Bertz CT molecular complexity index is 1100. The number of rotatable bonds is 7. The van der Waals surface area contributed by atoms with Gasteiger partial charge in [0.05, 0.1) is 11.3 Å². The van der Waals surface area contributed by atoms with Crippen molar-refractivity contribution in [3.8, 4) is 11.1 Å². The molecule has 0 spiro atoms. The van der Waals surface area contributed by atoms with Crippen LogP contribution in [-0.4, -0.2) is 53.7 Å². The number of amides is 2. The molecule has 7 nitrogen and oxygen atoms in total. The van der Waals surface area contributed by atoms with Gasteiger partial charge in [0.2, 0.25) is 5.91 Å². The third-order valence-corrected chi connectivity index (χ3v) is 8.30. The molecule has 1 saturated heterocycles. The quantitative estimate of drug-likeness (QED) is 0.617. The van der Waals surface area contributed by atoms with Crippen molar-refractivity contribution in [1.29, 1.82) is 0 Å². The summed E-state index contributed by atoms with van der Waals surface area (Å²) in [5.41, 5.74) is 3.84. The molecule has 2 aromatic rings. The van der Waals surface area contributed by atoms with Gasteiger partial charge in [0.15, 0.2) is 0 Å². The molecule has 2 aromatic carbocycles. The third kappa shape index (κ3) is 3.97. The fraction of sp³-hybridized carbons (Fsp3) is 0.464. The summed E-state index contributed by atoms with van der Waals surface area (Å²) in [7, 11) is 0. The minimum Gasteiger partial charge on any atom is -0.481 e. The maximum atomic E-state index is 13.3. The Morgan fingerprint density at radius 3 is 2.37 bits per heavy atom. The number of carboxylic acids is 1. The van der Waals surface area contributed by atoms with E-state index in [1.54, 1.807) is 4.90 Å². The lowest BCUT2D eigenvalue weighted by Crippen LogP contribution is -2.47. The van der Waals surface area contributed by atoms with Crippen LogP contribution in [0.15, 0.2) is 48.5 Å². The maximum Gasteiger partial charge on any atom is 0.407 e. The smallest absolute Gasteiger partial charge is 0.407 e. The van der Waals surface area contributed by atoms with Gasteiger partial charge < -0.3 is 20.1 Å². The standard InChI is InChI=1S/C28H32N2O5/c1-2-18(25(31)30-15-14-28(26(32)33)13-7-12-24(28)30)16-29-27(34)35-17-23-21-10-5-3-8-19(21)20-9-4-6-11-22(20)23/h3-6,8-11,18,23-24H,2,7,12-17H2,1H3,(H,29,34)(H,32,33). The molecule has 35 heavy (non-hydrogen) atoms. The summed E-state index contributed by atoms with van der Waals surface area (Å²) >= 11 is 0. The van der Waals surface area contributed by atoms with Crippen LogP contribution in [0.25, 0.3) is 11.1 Å². The monoisotopic (exact) mass is 476 g/mol. The van der Waals surface area contributed by atoms with Crippen molar-refractivity contribution in [2.24, 2.45) is 11.3 Å². The Morgan fingerprint density at radius 1 is 1.09 bits per heavy atom. The van der Waals surface area contributed by atoms with Crippen LogP contribution in [0.2, 0.25) is 0 Å². The molecular formula is C28H32N2O5. The molecule has 1 heterocycles. The van der Waals surface area contributed by atoms with E-state index in [1.807, 2.05) is 31.2 Å². The highest BCUT2D eigenvalue weighted by atomic mass is 16.5. The van der Waals surface area contributed by atoms with E-state index >= 15 is 0 Å². The van der Waals surface area contributed by atoms with Gasteiger partial charge in [-0.2, -0.15) is 0 Å². The number of fused-ring (bicyclic) bond motifs is 4. The zero-order valence-corrected chi connectivity index (χ0v) is 20.0. The van der Waals surface area contributed by atoms with Crippen molar-refractivity contribution >= 4 is 18.0 Å². The average Bonchev–Trinajstić information content (AvgIpc) is 3.54. The predicted molar refractivity (Wildman–Crippen MR) is 131 cm³/mol. The van der Waals surface area contributed by atoms with Crippen LogP contribution in [0, 0.1) is 11.3 Å². The Labute approximate surface area is 205 Å². The van der Waals surface area contributed by atoms with Crippen molar-refractivity contribution in [3.63, 3.8) is 0 Å². The van der Waals surface area contributed by atoms with Gasteiger partial charge in [-0.05, 0) is 47.9 Å². The second-order valence-electron chi connectivity index (χ2n) is 9.96. The van der Waals surface area contributed by atoms with Gasteiger partial charge in [-0.25, -0.2) is 4.79 Å². The lowest BCUT2D eigenvalue weighted by atomic mass is 9.82. The van der Waals surface area contributed by atoms with Gasteiger partial charge in [-0.3, -0.25) is 9.59 Å². The number of likely N-dealkylation sites (tertiary alicyclic amines) is 1. The Hall–Kier alpha value is -3.35. The molecule has 3 unspecified atom stereocenters. The van der Waals surface area contributed by atoms with E-state index < -0.39 is 23.4 Å². The van der Waals surface area contributed by atoms with Crippen LogP contribution in [0.3, 0.4) is 0 Å². The zero-order valence-electron chi connectivity index (χ0n) is 20.0. The summed E-state index contributed by atoms with van der Waals surface area (Å²) in [5.74, 6) is -1.28. The number of carbonyl (C=O) groups excluding carboxylic acids is 2. The van der Waals surface area contributed by atoms with Crippen molar-refractivity contribution in [2.45, 2.75) is 51.0 Å². The third-order valence-electron chi connectivity index (χ3n) is 8.30. The van der Waals surface area contributed by atoms with Gasteiger partial charge in [0.25, 0.3) is 0 Å². The Balaban J connectivity index is 1.18. The van der Waals surface area contributed by atoms with E-state index in [2.05, 4.69) is 29.6 Å². The van der Waals surface area contributed by atoms with Crippen LogP contribution in [0.1, 0.15) is 56.1 Å².